The van der Waals surface area contributed by atoms with E-state index in [-0.39, 0.29) is 5.91 Å². The van der Waals surface area contributed by atoms with Crippen LogP contribution in [0.4, 0.5) is 15.8 Å². The van der Waals surface area contributed by atoms with Gasteiger partial charge < -0.3 is 4.90 Å². The van der Waals surface area contributed by atoms with E-state index in [1.165, 1.54) is 24.3 Å². The molecule has 2 amide bonds. The van der Waals surface area contributed by atoms with Crippen molar-refractivity contribution in [3.05, 3.63) is 102 Å². The Morgan fingerprint density at radius 1 is 0.767 bits per heavy atom. The van der Waals surface area contributed by atoms with Gasteiger partial charge in [0.1, 0.15) is 11.5 Å². The zero-order valence-electron chi connectivity index (χ0n) is 16.2. The molecule has 0 atom stereocenters. The Balaban J connectivity index is 1.69. The highest BCUT2D eigenvalue weighted by atomic mass is 19.1. The van der Waals surface area contributed by atoms with Crippen LogP contribution in [-0.4, -0.2) is 18.4 Å². The first-order chi connectivity index (χ1) is 14.6. The number of hydrogen-bond acceptors (Lipinski definition) is 3. The lowest BCUT2D eigenvalue weighted by Gasteiger charge is -2.32. The summed E-state index contributed by atoms with van der Waals surface area (Å²) in [6, 6.07) is 22.7. The molecule has 0 saturated carbocycles. The smallest absolute Gasteiger partial charge is 0.282 e. The second-order valence-electron chi connectivity index (χ2n) is 7.40. The molecule has 2 aliphatic heterocycles. The van der Waals surface area contributed by atoms with E-state index in [1.807, 2.05) is 53.4 Å². The Morgan fingerprint density at radius 3 is 2.23 bits per heavy atom. The average molecular weight is 398 g/mol. The van der Waals surface area contributed by atoms with Crippen LogP contribution >= 0.6 is 0 Å². The summed E-state index contributed by atoms with van der Waals surface area (Å²) in [6.45, 7) is 0.652. The molecular weight excluding hydrogens is 379 g/mol. The number of rotatable bonds is 3. The molecule has 4 nitrogen and oxygen atoms in total. The third-order valence-corrected chi connectivity index (χ3v) is 5.59. The first kappa shape index (κ1) is 18.3. The minimum atomic E-state index is -0.417. The van der Waals surface area contributed by atoms with E-state index in [4.69, 9.17) is 0 Å². The second-order valence-corrected chi connectivity index (χ2v) is 7.40. The number of halogens is 1. The maximum Gasteiger partial charge on any atom is 0.282 e. The summed E-state index contributed by atoms with van der Waals surface area (Å²) >= 11 is 0. The molecule has 5 heteroatoms. The first-order valence-corrected chi connectivity index (χ1v) is 9.94. The maximum atomic E-state index is 13.6. The van der Waals surface area contributed by atoms with E-state index in [0.29, 0.717) is 29.1 Å². The SMILES string of the molecule is O=C1C(c2ccccc2)=C(N2CCCc3ccccc32)C(=O)N1c1ccc(F)cc1. The molecule has 0 unspecified atom stereocenters. The number of hydrogen-bond donors (Lipinski definition) is 0. The Hall–Kier alpha value is -3.73. The second kappa shape index (κ2) is 7.26. The van der Waals surface area contributed by atoms with Gasteiger partial charge in [-0.1, -0.05) is 48.5 Å². The molecule has 0 spiro atoms. The fraction of sp³-hybridized carbons (Fsp3) is 0.120. The van der Waals surface area contributed by atoms with Gasteiger partial charge >= 0.3 is 0 Å². The molecule has 5 rings (SSSR count). The minimum absolute atomic E-state index is 0.361. The van der Waals surface area contributed by atoms with Crippen molar-refractivity contribution < 1.29 is 14.0 Å². The lowest BCUT2D eigenvalue weighted by atomic mass is 9.98. The molecular formula is C25H19FN2O2. The van der Waals surface area contributed by atoms with Crippen LogP contribution in [0.2, 0.25) is 0 Å². The fourth-order valence-electron chi connectivity index (χ4n) is 4.22. The van der Waals surface area contributed by atoms with Crippen LogP contribution in [0.3, 0.4) is 0 Å². The summed E-state index contributed by atoms with van der Waals surface area (Å²) in [7, 11) is 0. The average Bonchev–Trinajstić information content (AvgIpc) is 3.04. The Labute approximate surface area is 173 Å². The summed E-state index contributed by atoms with van der Waals surface area (Å²) in [5.41, 5.74) is 3.92. The number of carbonyl (C=O) groups excluding carboxylic acids is 2. The van der Waals surface area contributed by atoms with Gasteiger partial charge in [0.2, 0.25) is 0 Å². The largest absolute Gasteiger partial charge is 0.336 e. The Kier molecular flexibility index (Phi) is 4.43. The van der Waals surface area contributed by atoms with Crippen LogP contribution in [-0.2, 0) is 16.0 Å². The summed E-state index contributed by atoms with van der Waals surface area (Å²) in [6.07, 6.45) is 1.82. The molecule has 0 radical (unpaired) electrons. The monoisotopic (exact) mass is 398 g/mol. The van der Waals surface area contributed by atoms with Gasteiger partial charge in [-0.25, -0.2) is 9.29 Å². The lowest BCUT2D eigenvalue weighted by molar-refractivity contribution is -0.120. The van der Waals surface area contributed by atoms with Gasteiger partial charge in [-0.05, 0) is 54.3 Å². The van der Waals surface area contributed by atoms with Gasteiger partial charge in [-0.3, -0.25) is 9.59 Å². The quantitative estimate of drug-likeness (QED) is 0.607. The van der Waals surface area contributed by atoms with Crippen LogP contribution in [0.1, 0.15) is 17.5 Å². The summed E-state index contributed by atoms with van der Waals surface area (Å²) in [5.74, 6) is -1.20. The van der Waals surface area contributed by atoms with Crippen LogP contribution in [0, 0.1) is 5.82 Å². The van der Waals surface area contributed by atoms with Gasteiger partial charge in [0, 0.05) is 12.2 Å². The van der Waals surface area contributed by atoms with Crippen molar-refractivity contribution in [1.29, 1.82) is 0 Å². The van der Waals surface area contributed by atoms with Gasteiger partial charge in [0.05, 0.1) is 11.3 Å². The Morgan fingerprint density at radius 2 is 1.47 bits per heavy atom. The molecule has 0 bridgehead atoms. The van der Waals surface area contributed by atoms with E-state index < -0.39 is 11.7 Å². The predicted molar refractivity (Wildman–Crippen MR) is 114 cm³/mol. The molecule has 30 heavy (non-hydrogen) atoms. The van der Waals surface area contributed by atoms with Crippen molar-refractivity contribution in [1.82, 2.24) is 0 Å². The summed E-state index contributed by atoms with van der Waals surface area (Å²) < 4.78 is 13.4. The van der Waals surface area contributed by atoms with Gasteiger partial charge in [-0.15, -0.1) is 0 Å². The number of para-hydroxylation sites is 1. The van der Waals surface area contributed by atoms with Crippen molar-refractivity contribution in [2.45, 2.75) is 12.8 Å². The van der Waals surface area contributed by atoms with Crippen molar-refractivity contribution in [3.8, 4) is 0 Å². The Bertz CT molecular complexity index is 1170. The van der Waals surface area contributed by atoms with E-state index in [0.717, 1.165) is 29.0 Å². The number of fused-ring (bicyclic) bond motifs is 1. The normalized spacial score (nSPS) is 16.3. The van der Waals surface area contributed by atoms with Crippen LogP contribution < -0.4 is 9.80 Å². The molecule has 3 aromatic carbocycles. The number of benzene rings is 3. The van der Waals surface area contributed by atoms with E-state index >= 15 is 0 Å². The molecule has 0 saturated heterocycles. The van der Waals surface area contributed by atoms with Crippen LogP contribution in [0.5, 0.6) is 0 Å². The first-order valence-electron chi connectivity index (χ1n) is 9.94. The standard InChI is InChI=1S/C25H19FN2O2/c26-19-12-14-20(15-13-19)28-24(29)22(18-8-2-1-3-9-18)23(25(28)30)27-16-6-10-17-7-4-5-11-21(17)27/h1-5,7-9,11-15H,6,10,16H2. The maximum absolute atomic E-state index is 13.6. The topological polar surface area (TPSA) is 40.6 Å². The van der Waals surface area contributed by atoms with Crippen LogP contribution in [0.15, 0.2) is 84.6 Å². The fourth-order valence-corrected chi connectivity index (χ4v) is 4.22. The highest BCUT2D eigenvalue weighted by molar-refractivity contribution is 6.46. The predicted octanol–water partition coefficient (Wildman–Crippen LogP) is 4.56. The third-order valence-electron chi connectivity index (χ3n) is 5.59. The van der Waals surface area contributed by atoms with Crippen molar-refractivity contribution in [3.63, 3.8) is 0 Å². The zero-order valence-corrected chi connectivity index (χ0v) is 16.2. The number of amides is 2. The summed E-state index contributed by atoms with van der Waals surface area (Å²) in [4.78, 5) is 30.2. The molecule has 0 fully saturated rings. The number of nitrogens with zero attached hydrogens (tertiary/aromatic N) is 2. The number of aryl methyl sites for hydroxylation is 1. The molecule has 0 aromatic heterocycles. The highest BCUT2D eigenvalue weighted by Crippen LogP contribution is 2.39. The van der Waals surface area contributed by atoms with Gasteiger partial charge in [-0.2, -0.15) is 0 Å². The number of imide groups is 1. The van der Waals surface area contributed by atoms with Crippen molar-refractivity contribution >= 4 is 28.8 Å². The van der Waals surface area contributed by atoms with E-state index in [9.17, 15) is 14.0 Å². The molecule has 0 aliphatic carbocycles. The van der Waals surface area contributed by atoms with Crippen molar-refractivity contribution in [2.24, 2.45) is 0 Å². The zero-order chi connectivity index (χ0) is 20.7. The van der Waals surface area contributed by atoms with E-state index in [1.54, 1.807) is 0 Å². The highest BCUT2D eigenvalue weighted by Gasteiger charge is 2.43. The summed E-state index contributed by atoms with van der Waals surface area (Å²) in [5, 5.41) is 0. The third kappa shape index (κ3) is 2.90. The minimum Gasteiger partial charge on any atom is -0.336 e. The van der Waals surface area contributed by atoms with Crippen molar-refractivity contribution in [2.75, 3.05) is 16.3 Å². The molecule has 0 N–H and O–H groups in total. The molecule has 2 aliphatic rings. The van der Waals surface area contributed by atoms with E-state index in [2.05, 4.69) is 6.07 Å². The van der Waals surface area contributed by atoms with Crippen LogP contribution in [0.25, 0.3) is 5.57 Å². The molecule has 3 aromatic rings. The number of carbonyl (C=O) groups is 2. The van der Waals surface area contributed by atoms with Gasteiger partial charge in [0.25, 0.3) is 11.8 Å². The number of anilines is 2. The van der Waals surface area contributed by atoms with Gasteiger partial charge in [0.15, 0.2) is 0 Å². The lowest BCUT2D eigenvalue weighted by Crippen LogP contribution is -2.37. The molecule has 2 heterocycles. The molecule has 148 valence electrons.